The Kier molecular flexibility index (Phi) is 6.02. The van der Waals surface area contributed by atoms with Crippen molar-refractivity contribution in [3.05, 3.63) is 42.5 Å². The molecule has 0 aliphatic carbocycles. The summed E-state index contributed by atoms with van der Waals surface area (Å²) in [5.41, 5.74) is 1.54. The fourth-order valence-electron chi connectivity index (χ4n) is 2.35. The van der Waals surface area contributed by atoms with Crippen LogP contribution in [0, 0.1) is 0 Å². The van der Waals surface area contributed by atoms with Gasteiger partial charge in [0.05, 0.1) is 0 Å². The van der Waals surface area contributed by atoms with Gasteiger partial charge < -0.3 is 10.6 Å². The number of carbonyl (C=O) groups excluding carboxylic acids is 4. The molecule has 0 unspecified atom stereocenters. The summed E-state index contributed by atoms with van der Waals surface area (Å²) >= 11 is 0. The van der Waals surface area contributed by atoms with E-state index in [1.54, 1.807) is 18.2 Å². The summed E-state index contributed by atoms with van der Waals surface area (Å²) < 4.78 is 0. The second kappa shape index (κ2) is 8.20. The van der Waals surface area contributed by atoms with Gasteiger partial charge in [0.2, 0.25) is 5.91 Å². The molecule has 1 fully saturated rings. The van der Waals surface area contributed by atoms with Gasteiger partial charge in [-0.15, -0.1) is 6.58 Å². The zero-order chi connectivity index (χ0) is 18.4. The summed E-state index contributed by atoms with van der Waals surface area (Å²) in [6.45, 7) is 6.31. The van der Waals surface area contributed by atoms with Crippen LogP contribution in [0.15, 0.2) is 36.9 Å². The van der Waals surface area contributed by atoms with E-state index in [0.29, 0.717) is 17.1 Å². The molecule has 25 heavy (non-hydrogen) atoms. The summed E-state index contributed by atoms with van der Waals surface area (Å²) in [6, 6.07) is 6.40. The van der Waals surface area contributed by atoms with E-state index in [-0.39, 0.29) is 6.54 Å². The lowest BCUT2D eigenvalue weighted by Crippen LogP contribution is -2.39. The lowest BCUT2D eigenvalue weighted by Gasteiger charge is -2.14. The first-order valence-corrected chi connectivity index (χ1v) is 7.85. The van der Waals surface area contributed by atoms with Crippen molar-refractivity contribution >= 4 is 29.4 Å². The average Bonchev–Trinajstić information content (AvgIpc) is 2.78. The van der Waals surface area contributed by atoms with Gasteiger partial charge in [-0.05, 0) is 24.2 Å². The molecule has 0 saturated carbocycles. The Morgan fingerprint density at radius 3 is 2.60 bits per heavy atom. The molecule has 0 atom stereocenters. The Morgan fingerprint density at radius 2 is 1.92 bits per heavy atom. The topological polar surface area (TPSA) is 98.8 Å². The normalized spacial score (nSPS) is 14.2. The third kappa shape index (κ3) is 4.30. The van der Waals surface area contributed by atoms with E-state index < -0.39 is 30.3 Å². The standard InChI is InChI=1S/C17H20N4O4/c1-3-8-20-15(23)16(24)21(17(20)25)11-14(22)19-13-7-5-6-12(9-13)10-18-4-2/h3,5-7,9,18H,1,4,8,10-11H2,2H3,(H,19,22). The first kappa shape index (κ1) is 18.3. The number of amides is 5. The fraction of sp³-hybridized carbons (Fsp3) is 0.294. The van der Waals surface area contributed by atoms with Crippen molar-refractivity contribution in [1.82, 2.24) is 15.1 Å². The highest BCUT2D eigenvalue weighted by molar-refractivity contribution is 6.45. The summed E-state index contributed by atoms with van der Waals surface area (Å²) in [5, 5.41) is 5.80. The van der Waals surface area contributed by atoms with E-state index in [0.717, 1.165) is 17.0 Å². The van der Waals surface area contributed by atoms with Crippen LogP contribution in [0.4, 0.5) is 10.5 Å². The predicted octanol–water partition coefficient (Wildman–Crippen LogP) is 0.711. The molecule has 5 amide bonds. The number of nitrogens with one attached hydrogen (secondary N) is 2. The number of carbonyl (C=O) groups is 4. The second-order valence-corrected chi connectivity index (χ2v) is 5.41. The SMILES string of the molecule is C=CCN1C(=O)C(=O)N(CC(=O)Nc2cccc(CNCC)c2)C1=O. The van der Waals surface area contributed by atoms with Crippen LogP contribution in [-0.4, -0.2) is 53.2 Å². The molecule has 1 saturated heterocycles. The van der Waals surface area contributed by atoms with Crippen LogP contribution in [0.1, 0.15) is 12.5 Å². The Morgan fingerprint density at radius 1 is 1.20 bits per heavy atom. The Labute approximate surface area is 145 Å². The summed E-state index contributed by atoms with van der Waals surface area (Å²) in [7, 11) is 0. The lowest BCUT2D eigenvalue weighted by atomic mass is 10.2. The fourth-order valence-corrected chi connectivity index (χ4v) is 2.35. The Hall–Kier alpha value is -3.00. The molecule has 2 rings (SSSR count). The van der Waals surface area contributed by atoms with Crippen LogP contribution < -0.4 is 10.6 Å². The Bertz CT molecular complexity index is 716. The highest BCUT2D eigenvalue weighted by atomic mass is 16.2. The van der Waals surface area contributed by atoms with E-state index in [9.17, 15) is 19.2 Å². The van der Waals surface area contributed by atoms with Crippen LogP contribution in [0.5, 0.6) is 0 Å². The van der Waals surface area contributed by atoms with Gasteiger partial charge >= 0.3 is 17.8 Å². The first-order valence-electron chi connectivity index (χ1n) is 7.85. The van der Waals surface area contributed by atoms with Crippen molar-refractivity contribution in [2.45, 2.75) is 13.5 Å². The molecular weight excluding hydrogens is 324 g/mol. The van der Waals surface area contributed by atoms with E-state index in [1.165, 1.54) is 6.08 Å². The van der Waals surface area contributed by atoms with Gasteiger partial charge in [-0.1, -0.05) is 25.1 Å². The lowest BCUT2D eigenvalue weighted by molar-refractivity contribution is -0.143. The molecule has 8 nitrogen and oxygen atoms in total. The van der Waals surface area contributed by atoms with Crippen molar-refractivity contribution in [3.8, 4) is 0 Å². The molecule has 0 radical (unpaired) electrons. The molecule has 1 aliphatic rings. The number of rotatable bonds is 8. The summed E-state index contributed by atoms with van der Waals surface area (Å²) in [5.74, 6) is -2.52. The molecule has 1 heterocycles. The molecule has 0 spiro atoms. The predicted molar refractivity (Wildman–Crippen MR) is 91.5 cm³/mol. The molecule has 2 N–H and O–H groups in total. The van der Waals surface area contributed by atoms with Crippen molar-refractivity contribution in [3.63, 3.8) is 0 Å². The maximum atomic E-state index is 12.1. The van der Waals surface area contributed by atoms with Crippen LogP contribution in [0.3, 0.4) is 0 Å². The monoisotopic (exact) mass is 344 g/mol. The zero-order valence-corrected chi connectivity index (χ0v) is 13.9. The average molecular weight is 344 g/mol. The van der Waals surface area contributed by atoms with Crippen molar-refractivity contribution in [2.24, 2.45) is 0 Å². The van der Waals surface area contributed by atoms with Crippen molar-refractivity contribution < 1.29 is 19.2 Å². The van der Waals surface area contributed by atoms with Crippen LogP contribution >= 0.6 is 0 Å². The highest BCUT2D eigenvalue weighted by Gasteiger charge is 2.44. The minimum absolute atomic E-state index is 0.0754. The zero-order valence-electron chi connectivity index (χ0n) is 13.9. The van der Waals surface area contributed by atoms with Gasteiger partial charge in [-0.25, -0.2) is 9.69 Å². The molecule has 8 heteroatoms. The third-order valence-electron chi connectivity index (χ3n) is 3.54. The number of imide groups is 2. The summed E-state index contributed by atoms with van der Waals surface area (Å²) in [4.78, 5) is 49.1. The maximum absolute atomic E-state index is 12.1. The van der Waals surface area contributed by atoms with Gasteiger partial charge in [0.15, 0.2) is 0 Å². The number of benzene rings is 1. The molecule has 0 aromatic heterocycles. The minimum Gasteiger partial charge on any atom is -0.325 e. The number of nitrogens with zero attached hydrogens (tertiary/aromatic N) is 2. The van der Waals surface area contributed by atoms with Crippen molar-refractivity contribution in [2.75, 3.05) is 25.0 Å². The number of urea groups is 1. The molecule has 1 aliphatic heterocycles. The van der Waals surface area contributed by atoms with Crippen molar-refractivity contribution in [1.29, 1.82) is 0 Å². The maximum Gasteiger partial charge on any atom is 0.335 e. The highest BCUT2D eigenvalue weighted by Crippen LogP contribution is 2.14. The van der Waals surface area contributed by atoms with E-state index in [2.05, 4.69) is 17.2 Å². The number of anilines is 1. The quantitative estimate of drug-likeness (QED) is 0.411. The van der Waals surface area contributed by atoms with Crippen LogP contribution in [0.2, 0.25) is 0 Å². The third-order valence-corrected chi connectivity index (χ3v) is 3.54. The first-order chi connectivity index (χ1) is 12.0. The second-order valence-electron chi connectivity index (χ2n) is 5.41. The van der Waals surface area contributed by atoms with Gasteiger partial charge in [-0.3, -0.25) is 19.3 Å². The minimum atomic E-state index is -1.01. The summed E-state index contributed by atoms with van der Waals surface area (Å²) in [6.07, 6.45) is 1.34. The van der Waals surface area contributed by atoms with E-state index in [4.69, 9.17) is 0 Å². The molecule has 1 aromatic carbocycles. The number of hydrogen-bond donors (Lipinski definition) is 2. The molecule has 0 bridgehead atoms. The van der Waals surface area contributed by atoms with Gasteiger partial charge in [0.25, 0.3) is 0 Å². The molecule has 1 aromatic rings. The van der Waals surface area contributed by atoms with Crippen LogP contribution in [0.25, 0.3) is 0 Å². The van der Waals surface area contributed by atoms with E-state index >= 15 is 0 Å². The van der Waals surface area contributed by atoms with Gasteiger partial charge in [0, 0.05) is 18.8 Å². The number of hydrogen-bond acceptors (Lipinski definition) is 5. The van der Waals surface area contributed by atoms with E-state index in [1.807, 2.05) is 13.0 Å². The molecule has 132 valence electrons. The van der Waals surface area contributed by atoms with Gasteiger partial charge in [0.1, 0.15) is 6.54 Å². The van der Waals surface area contributed by atoms with Gasteiger partial charge in [-0.2, -0.15) is 0 Å². The molecular formula is C17H20N4O4. The Balaban J connectivity index is 2.00. The smallest absolute Gasteiger partial charge is 0.325 e. The largest absolute Gasteiger partial charge is 0.335 e. The van der Waals surface area contributed by atoms with Crippen LogP contribution in [-0.2, 0) is 20.9 Å².